The molecule has 2 atom stereocenters. The first kappa shape index (κ1) is 8.10. The van der Waals surface area contributed by atoms with Gasteiger partial charge in [-0.15, -0.1) is 0 Å². The third-order valence-corrected chi connectivity index (χ3v) is 4.16. The van der Waals surface area contributed by atoms with Crippen molar-refractivity contribution in [2.75, 3.05) is 5.75 Å². The van der Waals surface area contributed by atoms with Crippen LogP contribution in [0.1, 0.15) is 19.8 Å². The van der Waals surface area contributed by atoms with Crippen molar-refractivity contribution < 1.29 is 14.3 Å². The third kappa shape index (κ3) is 0.905. The monoisotopic (exact) mass is 186 g/mol. The summed E-state index contributed by atoms with van der Waals surface area (Å²) >= 11 is 1.75. The number of thioether (sulfide) groups is 1. The number of hydrogen-bond donors (Lipinski definition) is 0. The lowest BCUT2D eigenvalue weighted by Crippen LogP contribution is -2.31. The topological polar surface area (TPSA) is 43.4 Å². The Kier molecular flexibility index (Phi) is 1.68. The molecule has 2 unspecified atom stereocenters. The van der Waals surface area contributed by atoms with Crippen LogP contribution in [0.4, 0.5) is 0 Å². The molecule has 0 aromatic heterocycles. The Morgan fingerprint density at radius 1 is 1.58 bits per heavy atom. The molecule has 0 radical (unpaired) electrons. The van der Waals surface area contributed by atoms with Crippen LogP contribution in [0.2, 0.25) is 0 Å². The minimum atomic E-state index is -0.470. The molecule has 0 aromatic rings. The van der Waals surface area contributed by atoms with Crippen molar-refractivity contribution in [1.29, 1.82) is 0 Å². The van der Waals surface area contributed by atoms with E-state index in [1.54, 1.807) is 11.8 Å². The number of rotatable bonds is 0. The number of ether oxygens (including phenoxy) is 1. The van der Waals surface area contributed by atoms with Gasteiger partial charge in [-0.2, -0.15) is 11.8 Å². The number of cyclic esters (lactones) is 2. The molecule has 4 heteroatoms. The first-order valence-electron chi connectivity index (χ1n) is 4.02. The highest BCUT2D eigenvalue weighted by atomic mass is 32.2. The minimum absolute atomic E-state index is 0.233. The van der Waals surface area contributed by atoms with E-state index in [1.807, 2.05) is 6.92 Å². The zero-order valence-electron chi connectivity index (χ0n) is 6.83. The van der Waals surface area contributed by atoms with E-state index in [4.69, 9.17) is 0 Å². The van der Waals surface area contributed by atoms with E-state index in [-0.39, 0.29) is 17.2 Å². The zero-order valence-corrected chi connectivity index (χ0v) is 7.65. The van der Waals surface area contributed by atoms with Gasteiger partial charge in [0.15, 0.2) is 0 Å². The largest absolute Gasteiger partial charge is 0.393 e. The molecule has 2 aliphatic rings. The maximum absolute atomic E-state index is 11.4. The van der Waals surface area contributed by atoms with Gasteiger partial charge >= 0.3 is 11.9 Å². The van der Waals surface area contributed by atoms with Gasteiger partial charge in [0.1, 0.15) is 0 Å². The molecule has 0 bridgehead atoms. The Morgan fingerprint density at radius 3 is 2.75 bits per heavy atom. The van der Waals surface area contributed by atoms with Gasteiger partial charge in [0.05, 0.1) is 11.8 Å². The highest BCUT2D eigenvalue weighted by Gasteiger charge is 2.55. The average Bonchev–Trinajstić information content (AvgIpc) is 2.44. The van der Waals surface area contributed by atoms with Crippen molar-refractivity contribution in [2.45, 2.75) is 25.0 Å². The fourth-order valence-corrected chi connectivity index (χ4v) is 3.30. The normalized spacial score (nSPS) is 40.9. The summed E-state index contributed by atoms with van der Waals surface area (Å²) < 4.78 is 4.58. The van der Waals surface area contributed by atoms with Crippen LogP contribution in [-0.2, 0) is 14.3 Å². The van der Waals surface area contributed by atoms with Crippen molar-refractivity contribution in [3.05, 3.63) is 0 Å². The SMILES string of the molecule is CC1SCCC12CC(=O)OC2=O. The molecular formula is C8H10O3S. The van der Waals surface area contributed by atoms with Crippen molar-refractivity contribution in [3.8, 4) is 0 Å². The van der Waals surface area contributed by atoms with Crippen molar-refractivity contribution >= 4 is 23.7 Å². The maximum atomic E-state index is 11.4. The average molecular weight is 186 g/mol. The fourth-order valence-electron chi connectivity index (χ4n) is 1.85. The smallest absolute Gasteiger partial charge is 0.321 e. The highest BCUT2D eigenvalue weighted by molar-refractivity contribution is 8.00. The number of hydrogen-bond acceptors (Lipinski definition) is 4. The van der Waals surface area contributed by atoms with E-state index >= 15 is 0 Å². The Balaban J connectivity index is 2.31. The first-order valence-corrected chi connectivity index (χ1v) is 5.07. The van der Waals surface area contributed by atoms with Gasteiger partial charge < -0.3 is 4.74 Å². The van der Waals surface area contributed by atoms with Crippen LogP contribution in [0.15, 0.2) is 0 Å². The fraction of sp³-hybridized carbons (Fsp3) is 0.750. The second kappa shape index (κ2) is 2.49. The van der Waals surface area contributed by atoms with Gasteiger partial charge in [0.25, 0.3) is 0 Å². The highest BCUT2D eigenvalue weighted by Crippen LogP contribution is 2.49. The lowest BCUT2D eigenvalue weighted by atomic mass is 9.81. The predicted octanol–water partition coefficient (Wildman–Crippen LogP) is 0.972. The van der Waals surface area contributed by atoms with Crippen LogP contribution >= 0.6 is 11.8 Å². The number of esters is 2. The van der Waals surface area contributed by atoms with Gasteiger partial charge in [0, 0.05) is 5.25 Å². The van der Waals surface area contributed by atoms with Crippen molar-refractivity contribution in [1.82, 2.24) is 0 Å². The summed E-state index contributed by atoms with van der Waals surface area (Å²) in [5.41, 5.74) is -0.470. The predicted molar refractivity (Wildman–Crippen MR) is 44.7 cm³/mol. The van der Waals surface area contributed by atoms with E-state index in [9.17, 15) is 9.59 Å². The van der Waals surface area contributed by atoms with Crippen molar-refractivity contribution in [3.63, 3.8) is 0 Å². The summed E-state index contributed by atoms with van der Waals surface area (Å²) in [7, 11) is 0. The molecule has 2 aliphatic heterocycles. The third-order valence-electron chi connectivity index (χ3n) is 2.77. The molecule has 0 amide bonds. The van der Waals surface area contributed by atoms with Crippen LogP contribution in [-0.4, -0.2) is 22.9 Å². The molecule has 0 saturated carbocycles. The Labute approximate surface area is 74.8 Å². The summed E-state index contributed by atoms with van der Waals surface area (Å²) in [6.07, 6.45) is 1.09. The van der Waals surface area contributed by atoms with Crippen LogP contribution in [0.25, 0.3) is 0 Å². The van der Waals surface area contributed by atoms with E-state index in [0.717, 1.165) is 12.2 Å². The van der Waals surface area contributed by atoms with E-state index in [1.165, 1.54) is 0 Å². The Morgan fingerprint density at radius 2 is 2.33 bits per heavy atom. The van der Waals surface area contributed by atoms with Crippen LogP contribution < -0.4 is 0 Å². The lowest BCUT2D eigenvalue weighted by Gasteiger charge is -2.20. The van der Waals surface area contributed by atoms with E-state index < -0.39 is 5.41 Å². The van der Waals surface area contributed by atoms with Crippen molar-refractivity contribution in [2.24, 2.45) is 5.41 Å². The minimum Gasteiger partial charge on any atom is -0.393 e. The molecule has 0 N–H and O–H groups in total. The standard InChI is InChI=1S/C8H10O3S/c1-5-8(2-3-12-5)4-6(9)11-7(8)10/h5H,2-4H2,1H3. The Bertz CT molecular complexity index is 251. The van der Waals surface area contributed by atoms with Crippen LogP contribution in [0.3, 0.4) is 0 Å². The molecule has 2 heterocycles. The van der Waals surface area contributed by atoms with Crippen LogP contribution in [0.5, 0.6) is 0 Å². The second-order valence-electron chi connectivity index (χ2n) is 3.36. The molecule has 12 heavy (non-hydrogen) atoms. The summed E-state index contributed by atoms with van der Waals surface area (Å²) in [5.74, 6) is 0.308. The molecule has 1 spiro atoms. The summed E-state index contributed by atoms with van der Waals surface area (Å²) in [6.45, 7) is 2.00. The van der Waals surface area contributed by atoms with Gasteiger partial charge in [-0.3, -0.25) is 9.59 Å². The van der Waals surface area contributed by atoms with E-state index in [2.05, 4.69) is 4.74 Å². The molecule has 0 aliphatic carbocycles. The van der Waals surface area contributed by atoms with Gasteiger partial charge in [-0.1, -0.05) is 6.92 Å². The molecule has 66 valence electrons. The summed E-state index contributed by atoms with van der Waals surface area (Å²) in [5, 5.41) is 0.233. The number of carbonyl (C=O) groups is 2. The van der Waals surface area contributed by atoms with Gasteiger partial charge in [0.2, 0.25) is 0 Å². The summed E-state index contributed by atoms with van der Waals surface area (Å²) in [6, 6.07) is 0. The first-order chi connectivity index (χ1) is 5.65. The lowest BCUT2D eigenvalue weighted by molar-refractivity contribution is -0.155. The van der Waals surface area contributed by atoms with E-state index in [0.29, 0.717) is 6.42 Å². The Hall–Kier alpha value is -0.510. The molecular weight excluding hydrogens is 176 g/mol. The molecule has 2 fully saturated rings. The molecule has 2 rings (SSSR count). The number of carbonyl (C=O) groups excluding carboxylic acids is 2. The van der Waals surface area contributed by atoms with Gasteiger partial charge in [-0.05, 0) is 12.2 Å². The zero-order chi connectivity index (χ0) is 8.77. The second-order valence-corrected chi connectivity index (χ2v) is 4.81. The van der Waals surface area contributed by atoms with Crippen LogP contribution in [0, 0.1) is 5.41 Å². The maximum Gasteiger partial charge on any atom is 0.321 e. The molecule has 2 saturated heterocycles. The summed E-state index contributed by atoms with van der Waals surface area (Å²) in [4.78, 5) is 22.3. The van der Waals surface area contributed by atoms with Gasteiger partial charge in [-0.25, -0.2) is 0 Å². The quantitative estimate of drug-likeness (QED) is 0.417. The molecule has 0 aromatic carbocycles. The molecule has 3 nitrogen and oxygen atoms in total.